The minimum atomic E-state index is -4.14. The first-order chi connectivity index (χ1) is 12.2. The van der Waals surface area contributed by atoms with Crippen molar-refractivity contribution in [2.45, 2.75) is 39.9 Å². The quantitative estimate of drug-likeness (QED) is 0.354. The highest BCUT2D eigenvalue weighted by Gasteiger charge is 2.33. The number of halogens is 4. The number of hydrogen-bond donors (Lipinski definition) is 1. The van der Waals surface area contributed by atoms with E-state index in [2.05, 4.69) is 27.1 Å². The first-order valence-corrected chi connectivity index (χ1v) is 9.71. The second kappa shape index (κ2) is 10.8. The molecule has 156 valence electrons. The molecule has 1 saturated heterocycles. The van der Waals surface area contributed by atoms with E-state index in [1.807, 2.05) is 6.92 Å². The molecule has 1 aromatic rings. The summed E-state index contributed by atoms with van der Waals surface area (Å²) in [6.45, 7) is 8.01. The molecule has 1 N–H and O–H groups in total. The summed E-state index contributed by atoms with van der Waals surface area (Å²) >= 11 is 1.67. The monoisotopic (exact) mass is 519 g/mol. The second-order valence-electron chi connectivity index (χ2n) is 6.69. The van der Waals surface area contributed by atoms with Crippen LogP contribution in [0.4, 0.5) is 13.2 Å². The number of likely N-dealkylation sites (tertiary alicyclic amines) is 1. The molecule has 1 atom stereocenters. The van der Waals surface area contributed by atoms with Crippen molar-refractivity contribution in [2.24, 2.45) is 10.9 Å². The molecule has 0 saturated carbocycles. The van der Waals surface area contributed by atoms with E-state index in [4.69, 9.17) is 0 Å². The molecule has 1 aliphatic rings. The van der Waals surface area contributed by atoms with Crippen LogP contribution in [0.2, 0.25) is 0 Å². The van der Waals surface area contributed by atoms with Gasteiger partial charge < -0.3 is 10.2 Å². The topological polar surface area (TPSA) is 43.8 Å². The Kier molecular flexibility index (Phi) is 9.76. The van der Waals surface area contributed by atoms with Crippen LogP contribution in [0.1, 0.15) is 28.9 Å². The van der Waals surface area contributed by atoms with Crippen LogP contribution in [0.25, 0.3) is 0 Å². The predicted octanol–water partition coefficient (Wildman–Crippen LogP) is 3.66. The molecule has 0 aliphatic carbocycles. The van der Waals surface area contributed by atoms with Crippen LogP contribution in [-0.2, 0) is 6.54 Å². The summed E-state index contributed by atoms with van der Waals surface area (Å²) in [6, 6.07) is 0. The fourth-order valence-electron chi connectivity index (χ4n) is 3.20. The van der Waals surface area contributed by atoms with Gasteiger partial charge in [0.2, 0.25) is 0 Å². The molecule has 0 aromatic carbocycles. The van der Waals surface area contributed by atoms with E-state index < -0.39 is 12.7 Å². The Morgan fingerprint density at radius 2 is 2.11 bits per heavy atom. The van der Waals surface area contributed by atoms with Crippen molar-refractivity contribution in [1.29, 1.82) is 0 Å². The zero-order chi connectivity index (χ0) is 19.3. The average molecular weight is 519 g/mol. The van der Waals surface area contributed by atoms with Crippen molar-refractivity contribution in [3.05, 3.63) is 15.6 Å². The Morgan fingerprint density at radius 1 is 1.41 bits per heavy atom. The zero-order valence-electron chi connectivity index (χ0n) is 16.3. The molecule has 27 heavy (non-hydrogen) atoms. The van der Waals surface area contributed by atoms with Crippen molar-refractivity contribution in [1.82, 2.24) is 20.1 Å². The molecule has 5 nitrogen and oxygen atoms in total. The highest BCUT2D eigenvalue weighted by molar-refractivity contribution is 14.0. The summed E-state index contributed by atoms with van der Waals surface area (Å²) in [6.07, 6.45) is -3.26. The Bertz CT molecular complexity index is 601. The fraction of sp³-hybridized carbons (Fsp3) is 0.765. The number of aryl methyl sites for hydroxylation is 2. The highest BCUT2D eigenvalue weighted by atomic mass is 127. The highest BCUT2D eigenvalue weighted by Crippen LogP contribution is 2.22. The maximum atomic E-state index is 12.6. The van der Waals surface area contributed by atoms with E-state index in [-0.39, 0.29) is 29.9 Å². The van der Waals surface area contributed by atoms with Gasteiger partial charge in [0.25, 0.3) is 0 Å². The molecule has 0 spiro atoms. The van der Waals surface area contributed by atoms with Gasteiger partial charge in [-0.05, 0) is 32.7 Å². The molecule has 2 heterocycles. The molecule has 1 unspecified atom stereocenters. The van der Waals surface area contributed by atoms with Gasteiger partial charge in [-0.2, -0.15) is 13.2 Å². The van der Waals surface area contributed by atoms with Gasteiger partial charge in [0.05, 0.1) is 18.8 Å². The van der Waals surface area contributed by atoms with Gasteiger partial charge in [-0.1, -0.05) is 6.92 Å². The maximum absolute atomic E-state index is 12.6. The third-order valence-corrected chi connectivity index (χ3v) is 5.71. The molecule has 0 radical (unpaired) electrons. The molecule has 1 aromatic heterocycles. The second-order valence-corrected chi connectivity index (χ2v) is 7.98. The lowest BCUT2D eigenvalue weighted by Crippen LogP contribution is -2.41. The largest absolute Gasteiger partial charge is 0.401 e. The van der Waals surface area contributed by atoms with Gasteiger partial charge in [0.15, 0.2) is 5.96 Å². The number of thiazole rings is 1. The molecule has 1 aliphatic heterocycles. The number of nitrogens with zero attached hydrogens (tertiary/aromatic N) is 4. The first-order valence-electron chi connectivity index (χ1n) is 8.89. The number of nitrogens with one attached hydrogen (secondary N) is 1. The minimum absolute atomic E-state index is 0. The predicted molar refractivity (Wildman–Crippen MR) is 115 cm³/mol. The summed E-state index contributed by atoms with van der Waals surface area (Å²) in [5, 5.41) is 4.34. The Hall–Kier alpha value is -0.620. The van der Waals surface area contributed by atoms with Crippen LogP contribution >= 0.6 is 35.3 Å². The van der Waals surface area contributed by atoms with Crippen molar-refractivity contribution >= 4 is 41.3 Å². The van der Waals surface area contributed by atoms with Crippen LogP contribution in [0.5, 0.6) is 0 Å². The molecular formula is C17H29F3IN5S. The minimum Gasteiger partial charge on any atom is -0.350 e. The lowest BCUT2D eigenvalue weighted by Gasteiger charge is -2.26. The van der Waals surface area contributed by atoms with E-state index >= 15 is 0 Å². The smallest absolute Gasteiger partial charge is 0.350 e. The molecular weight excluding hydrogens is 490 g/mol. The lowest BCUT2D eigenvalue weighted by atomic mass is 10.1. The summed E-state index contributed by atoms with van der Waals surface area (Å²) in [4.78, 5) is 13.6. The van der Waals surface area contributed by atoms with Crippen molar-refractivity contribution in [3.8, 4) is 0 Å². The summed E-state index contributed by atoms with van der Waals surface area (Å²) in [5.74, 6) is 1.01. The Balaban J connectivity index is 0.00000364. The van der Waals surface area contributed by atoms with Gasteiger partial charge in [-0.3, -0.25) is 9.89 Å². The summed E-state index contributed by atoms with van der Waals surface area (Å²) in [7, 11) is 1.73. The first kappa shape index (κ1) is 24.4. The maximum Gasteiger partial charge on any atom is 0.401 e. The number of aliphatic imine (C=N–C) groups is 1. The van der Waals surface area contributed by atoms with Gasteiger partial charge in [0.1, 0.15) is 5.01 Å². The average Bonchev–Trinajstić information content (AvgIpc) is 3.13. The van der Waals surface area contributed by atoms with Gasteiger partial charge in [-0.15, -0.1) is 35.3 Å². The van der Waals surface area contributed by atoms with Gasteiger partial charge >= 0.3 is 6.18 Å². The number of alkyl halides is 3. The van der Waals surface area contributed by atoms with E-state index in [9.17, 15) is 13.2 Å². The lowest BCUT2D eigenvalue weighted by molar-refractivity contribution is -0.146. The molecule has 0 bridgehead atoms. The number of aromatic nitrogens is 1. The number of rotatable bonds is 6. The van der Waals surface area contributed by atoms with Crippen molar-refractivity contribution < 1.29 is 13.2 Å². The fourth-order valence-corrected chi connectivity index (χ4v) is 4.07. The molecule has 1 fully saturated rings. The number of guanidine groups is 1. The van der Waals surface area contributed by atoms with Crippen LogP contribution in [-0.4, -0.2) is 66.7 Å². The van der Waals surface area contributed by atoms with E-state index in [1.165, 1.54) is 9.78 Å². The van der Waals surface area contributed by atoms with Crippen molar-refractivity contribution in [2.75, 3.05) is 39.8 Å². The van der Waals surface area contributed by atoms with Crippen LogP contribution in [0.3, 0.4) is 0 Å². The van der Waals surface area contributed by atoms with E-state index in [1.54, 1.807) is 25.3 Å². The van der Waals surface area contributed by atoms with E-state index in [0.717, 1.165) is 36.2 Å². The Morgan fingerprint density at radius 3 is 2.63 bits per heavy atom. The number of hydrogen-bond acceptors (Lipinski definition) is 4. The van der Waals surface area contributed by atoms with Gasteiger partial charge in [-0.25, -0.2) is 4.98 Å². The van der Waals surface area contributed by atoms with Crippen LogP contribution in [0.15, 0.2) is 4.99 Å². The molecule has 2 rings (SSSR count). The van der Waals surface area contributed by atoms with E-state index in [0.29, 0.717) is 19.6 Å². The molecule has 10 heteroatoms. The van der Waals surface area contributed by atoms with Crippen LogP contribution < -0.4 is 5.32 Å². The third kappa shape index (κ3) is 7.72. The molecule has 0 amide bonds. The standard InChI is InChI=1S/C17H28F3N5S.HI/c1-5-24(11-17(18,19)20)9-14-6-7-25(10-14)16(21-4)22-8-15-23-12(2)13(3)26-15;/h14H,5-11H2,1-4H3,(H,21,22);1H. The normalized spacial score (nSPS) is 18.1. The summed E-state index contributed by atoms with van der Waals surface area (Å²) in [5.41, 5.74) is 1.05. The van der Waals surface area contributed by atoms with Crippen LogP contribution in [0, 0.1) is 19.8 Å². The van der Waals surface area contributed by atoms with Crippen molar-refractivity contribution in [3.63, 3.8) is 0 Å². The summed E-state index contributed by atoms with van der Waals surface area (Å²) < 4.78 is 37.9. The van der Waals surface area contributed by atoms with Gasteiger partial charge in [0, 0.05) is 31.6 Å². The third-order valence-electron chi connectivity index (χ3n) is 4.63. The Labute approximate surface area is 180 Å². The zero-order valence-corrected chi connectivity index (χ0v) is 19.4. The SMILES string of the molecule is CCN(CC1CCN(C(=NC)NCc2nc(C)c(C)s2)C1)CC(F)(F)F.I.